The van der Waals surface area contributed by atoms with Gasteiger partial charge in [-0.15, -0.1) is 0 Å². The molecular formula is C18H30N2O. The lowest BCUT2D eigenvalue weighted by Crippen LogP contribution is -2.45. The predicted octanol–water partition coefficient (Wildman–Crippen LogP) is 3.50. The zero-order valence-corrected chi connectivity index (χ0v) is 14.4. The Balaban J connectivity index is 2.08. The number of anilines is 1. The molecule has 0 spiro atoms. The molecule has 1 aromatic rings. The number of ether oxygens (including phenoxy) is 1. The predicted molar refractivity (Wildman–Crippen MR) is 90.0 cm³/mol. The van der Waals surface area contributed by atoms with Crippen LogP contribution < -0.4 is 10.2 Å². The second-order valence-corrected chi connectivity index (χ2v) is 7.39. The molecule has 0 unspecified atom stereocenters. The molecule has 118 valence electrons. The van der Waals surface area contributed by atoms with Crippen LogP contribution in [0.15, 0.2) is 18.2 Å². The van der Waals surface area contributed by atoms with Gasteiger partial charge < -0.3 is 15.0 Å². The highest BCUT2D eigenvalue weighted by Crippen LogP contribution is 2.25. The molecule has 0 radical (unpaired) electrons. The van der Waals surface area contributed by atoms with Gasteiger partial charge in [0, 0.05) is 30.9 Å². The minimum absolute atomic E-state index is 0.154. The zero-order chi connectivity index (χ0) is 15.6. The molecule has 0 saturated carbocycles. The van der Waals surface area contributed by atoms with Crippen LogP contribution in [0.3, 0.4) is 0 Å². The van der Waals surface area contributed by atoms with Crippen molar-refractivity contribution >= 4 is 5.69 Å². The van der Waals surface area contributed by atoms with Crippen molar-refractivity contribution in [2.45, 2.75) is 65.8 Å². The minimum Gasteiger partial charge on any atom is -0.372 e. The van der Waals surface area contributed by atoms with Crippen molar-refractivity contribution in [3.63, 3.8) is 0 Å². The molecule has 0 aromatic heterocycles. The second-order valence-electron chi connectivity index (χ2n) is 7.39. The Kier molecular flexibility index (Phi) is 4.95. The van der Waals surface area contributed by atoms with E-state index in [0.717, 1.165) is 19.6 Å². The maximum absolute atomic E-state index is 5.83. The summed E-state index contributed by atoms with van der Waals surface area (Å²) in [5.74, 6) is 0. The topological polar surface area (TPSA) is 24.5 Å². The van der Waals surface area contributed by atoms with Crippen LogP contribution in [0.5, 0.6) is 0 Å². The van der Waals surface area contributed by atoms with Crippen LogP contribution in [0.25, 0.3) is 0 Å². The van der Waals surface area contributed by atoms with Crippen LogP contribution in [0.4, 0.5) is 5.69 Å². The van der Waals surface area contributed by atoms with Gasteiger partial charge in [-0.05, 0) is 58.7 Å². The van der Waals surface area contributed by atoms with E-state index in [-0.39, 0.29) is 5.54 Å². The number of hydrogen-bond donors (Lipinski definition) is 1. The summed E-state index contributed by atoms with van der Waals surface area (Å²) < 4.78 is 5.83. The van der Waals surface area contributed by atoms with Crippen LogP contribution in [0.2, 0.25) is 0 Å². The van der Waals surface area contributed by atoms with E-state index in [1.807, 2.05) is 0 Å². The smallest absolute Gasteiger partial charge is 0.0726 e. The Morgan fingerprint density at radius 1 is 1.19 bits per heavy atom. The van der Waals surface area contributed by atoms with E-state index < -0.39 is 0 Å². The molecular weight excluding hydrogens is 260 g/mol. The van der Waals surface area contributed by atoms with E-state index in [9.17, 15) is 0 Å². The molecule has 0 bridgehead atoms. The molecule has 1 saturated heterocycles. The fraction of sp³-hybridized carbons (Fsp3) is 0.667. The molecule has 21 heavy (non-hydrogen) atoms. The summed E-state index contributed by atoms with van der Waals surface area (Å²) in [6.45, 7) is 16.0. The van der Waals surface area contributed by atoms with Crippen LogP contribution in [-0.2, 0) is 11.3 Å². The van der Waals surface area contributed by atoms with Crippen LogP contribution in [-0.4, -0.2) is 30.8 Å². The van der Waals surface area contributed by atoms with E-state index in [2.05, 4.69) is 70.0 Å². The Morgan fingerprint density at radius 3 is 2.33 bits per heavy atom. The molecule has 2 rings (SSSR count). The van der Waals surface area contributed by atoms with Crippen molar-refractivity contribution < 1.29 is 4.74 Å². The lowest BCUT2D eigenvalue weighted by Gasteiger charge is -2.37. The molecule has 2 atom stereocenters. The Labute approximate surface area is 129 Å². The number of nitrogens with zero attached hydrogens (tertiary/aromatic N) is 1. The molecule has 1 N–H and O–H groups in total. The first-order chi connectivity index (χ1) is 9.74. The van der Waals surface area contributed by atoms with Gasteiger partial charge in [0.1, 0.15) is 0 Å². The summed E-state index contributed by atoms with van der Waals surface area (Å²) in [4.78, 5) is 2.45. The first-order valence-corrected chi connectivity index (χ1v) is 7.99. The number of hydrogen-bond acceptors (Lipinski definition) is 3. The summed E-state index contributed by atoms with van der Waals surface area (Å²) in [5.41, 5.74) is 4.20. The molecule has 3 nitrogen and oxygen atoms in total. The minimum atomic E-state index is 0.154. The Hall–Kier alpha value is -1.06. The van der Waals surface area contributed by atoms with Crippen molar-refractivity contribution in [1.82, 2.24) is 5.32 Å². The van der Waals surface area contributed by atoms with Gasteiger partial charge in [-0.3, -0.25) is 0 Å². The van der Waals surface area contributed by atoms with Gasteiger partial charge in [0.25, 0.3) is 0 Å². The maximum Gasteiger partial charge on any atom is 0.0726 e. The molecule has 1 heterocycles. The standard InChI is InChI=1S/C18H30N2O/c1-13-9-16(10-19-18(4,5)6)7-8-17(13)20-11-14(2)21-15(3)12-20/h7-9,14-15,19H,10-12H2,1-6H3/t14-,15+. The zero-order valence-electron chi connectivity index (χ0n) is 14.4. The third kappa shape index (κ3) is 4.72. The average molecular weight is 290 g/mol. The summed E-state index contributed by atoms with van der Waals surface area (Å²) in [6, 6.07) is 6.81. The van der Waals surface area contributed by atoms with Gasteiger partial charge in [-0.2, -0.15) is 0 Å². The molecule has 1 aromatic carbocycles. The number of aryl methyl sites for hydroxylation is 1. The van der Waals surface area contributed by atoms with Crippen molar-refractivity contribution in [3.05, 3.63) is 29.3 Å². The van der Waals surface area contributed by atoms with E-state index in [4.69, 9.17) is 4.74 Å². The number of morpholine rings is 1. The van der Waals surface area contributed by atoms with E-state index in [1.165, 1.54) is 16.8 Å². The molecule has 3 heteroatoms. The first kappa shape index (κ1) is 16.3. The van der Waals surface area contributed by atoms with E-state index in [1.54, 1.807) is 0 Å². The normalized spacial score (nSPS) is 23.4. The fourth-order valence-electron chi connectivity index (χ4n) is 2.92. The lowest BCUT2D eigenvalue weighted by atomic mass is 10.0. The molecule has 1 aliphatic heterocycles. The third-order valence-electron chi connectivity index (χ3n) is 3.84. The summed E-state index contributed by atoms with van der Waals surface area (Å²) in [7, 11) is 0. The monoisotopic (exact) mass is 290 g/mol. The van der Waals surface area contributed by atoms with E-state index >= 15 is 0 Å². The first-order valence-electron chi connectivity index (χ1n) is 7.99. The molecule has 1 fully saturated rings. The molecule has 0 amide bonds. The summed E-state index contributed by atoms with van der Waals surface area (Å²) in [6.07, 6.45) is 0.603. The average Bonchev–Trinajstić information content (AvgIpc) is 2.34. The number of rotatable bonds is 3. The highest BCUT2D eigenvalue weighted by Gasteiger charge is 2.23. The Bertz CT molecular complexity index is 469. The largest absolute Gasteiger partial charge is 0.372 e. The summed E-state index contributed by atoms with van der Waals surface area (Å²) in [5, 5.41) is 3.54. The van der Waals surface area contributed by atoms with E-state index in [0.29, 0.717) is 12.2 Å². The molecule has 1 aliphatic rings. The maximum atomic E-state index is 5.83. The highest BCUT2D eigenvalue weighted by molar-refractivity contribution is 5.55. The van der Waals surface area contributed by atoms with Gasteiger partial charge in [0.15, 0.2) is 0 Å². The van der Waals surface area contributed by atoms with Gasteiger partial charge in [0.05, 0.1) is 12.2 Å². The Morgan fingerprint density at radius 2 is 1.81 bits per heavy atom. The van der Waals surface area contributed by atoms with Crippen molar-refractivity contribution in [2.75, 3.05) is 18.0 Å². The number of nitrogens with one attached hydrogen (secondary N) is 1. The van der Waals surface area contributed by atoms with Crippen LogP contribution >= 0.6 is 0 Å². The van der Waals surface area contributed by atoms with Gasteiger partial charge >= 0.3 is 0 Å². The van der Waals surface area contributed by atoms with Gasteiger partial charge in [-0.25, -0.2) is 0 Å². The third-order valence-corrected chi connectivity index (χ3v) is 3.84. The van der Waals surface area contributed by atoms with Gasteiger partial charge in [0.2, 0.25) is 0 Å². The van der Waals surface area contributed by atoms with Gasteiger partial charge in [-0.1, -0.05) is 12.1 Å². The highest BCUT2D eigenvalue weighted by atomic mass is 16.5. The SMILES string of the molecule is Cc1cc(CNC(C)(C)C)ccc1N1C[C@@H](C)O[C@@H](C)C1. The quantitative estimate of drug-likeness (QED) is 0.922. The fourth-order valence-corrected chi connectivity index (χ4v) is 2.92. The molecule has 0 aliphatic carbocycles. The second kappa shape index (κ2) is 6.37. The van der Waals surface area contributed by atoms with Crippen molar-refractivity contribution in [2.24, 2.45) is 0 Å². The summed E-state index contributed by atoms with van der Waals surface area (Å²) >= 11 is 0. The van der Waals surface area contributed by atoms with Crippen LogP contribution in [0, 0.1) is 6.92 Å². The van der Waals surface area contributed by atoms with Crippen LogP contribution in [0.1, 0.15) is 45.7 Å². The lowest BCUT2D eigenvalue weighted by molar-refractivity contribution is -0.00524. The van der Waals surface area contributed by atoms with Crippen molar-refractivity contribution in [3.8, 4) is 0 Å². The van der Waals surface area contributed by atoms with Crippen molar-refractivity contribution in [1.29, 1.82) is 0 Å². The number of benzene rings is 1.